The van der Waals surface area contributed by atoms with Gasteiger partial charge < -0.3 is 24.8 Å². The number of benzene rings is 2. The average molecular weight is 460 g/mol. The van der Waals surface area contributed by atoms with Gasteiger partial charge in [-0.25, -0.2) is 13.6 Å². The molecule has 9 heteroatoms. The second kappa shape index (κ2) is 11.7. The second-order valence-corrected chi connectivity index (χ2v) is 7.10. The van der Waals surface area contributed by atoms with E-state index in [0.29, 0.717) is 17.1 Å². The zero-order chi connectivity index (χ0) is 24.5. The van der Waals surface area contributed by atoms with Gasteiger partial charge in [-0.05, 0) is 30.2 Å². The van der Waals surface area contributed by atoms with E-state index in [2.05, 4.69) is 18.5 Å². The highest BCUT2D eigenvalue weighted by Gasteiger charge is 2.27. The van der Waals surface area contributed by atoms with Crippen LogP contribution in [0.2, 0.25) is 0 Å². The predicted octanol–water partition coefficient (Wildman–Crippen LogP) is 4.24. The van der Waals surface area contributed by atoms with Crippen molar-refractivity contribution >= 4 is 17.6 Å². The van der Waals surface area contributed by atoms with Crippen molar-refractivity contribution in [2.45, 2.75) is 19.0 Å². The van der Waals surface area contributed by atoms with E-state index in [4.69, 9.17) is 14.6 Å². The van der Waals surface area contributed by atoms with Gasteiger partial charge in [0.2, 0.25) is 5.91 Å². The Bertz CT molecular complexity index is 1040. The van der Waals surface area contributed by atoms with Crippen molar-refractivity contribution in [2.75, 3.05) is 20.8 Å². The molecule has 1 unspecified atom stereocenters. The molecule has 0 heterocycles. The van der Waals surface area contributed by atoms with E-state index in [-0.39, 0.29) is 30.6 Å². The lowest BCUT2D eigenvalue weighted by molar-refractivity contribution is -0.133. The normalized spacial score (nSPS) is 11.3. The number of carbonyl (C=O) groups excluding carboxylic acids is 1. The first-order valence-corrected chi connectivity index (χ1v) is 9.94. The number of methoxy groups -OCH3 is 2. The maximum absolute atomic E-state index is 14.3. The van der Waals surface area contributed by atoms with Gasteiger partial charge in [-0.1, -0.05) is 24.8 Å². The summed E-state index contributed by atoms with van der Waals surface area (Å²) in [6.07, 6.45) is 0.0561. The molecule has 0 aromatic heterocycles. The smallest absolute Gasteiger partial charge is 0.405 e. The molecule has 2 aromatic rings. The Kier molecular flexibility index (Phi) is 8.97. The standard InChI is InChI=1S/C24H26F2N2O5/c1-5-7-20(27-24(30)31)23(29)28(13-15(2)18-8-6-9-19(25)22(18)26)14-16-10-11-17(32-3)12-21(16)33-4/h5-6,8-12,20,27H,1-2,7,13-14H2,3-4H3,(H,30,31). The molecular formula is C24H26F2N2O5. The van der Waals surface area contributed by atoms with Crippen LogP contribution < -0.4 is 14.8 Å². The average Bonchev–Trinajstić information content (AvgIpc) is 2.79. The molecule has 2 rings (SSSR count). The summed E-state index contributed by atoms with van der Waals surface area (Å²) in [7, 11) is 2.96. The van der Waals surface area contributed by atoms with Crippen LogP contribution >= 0.6 is 0 Å². The fourth-order valence-corrected chi connectivity index (χ4v) is 3.25. The lowest BCUT2D eigenvalue weighted by atomic mass is 10.0. The number of carbonyl (C=O) groups is 2. The largest absolute Gasteiger partial charge is 0.497 e. The topological polar surface area (TPSA) is 88.1 Å². The lowest BCUT2D eigenvalue weighted by Gasteiger charge is -2.28. The van der Waals surface area contributed by atoms with Crippen molar-refractivity contribution in [1.82, 2.24) is 10.2 Å². The number of hydrogen-bond donors (Lipinski definition) is 2. The molecular weight excluding hydrogens is 434 g/mol. The Morgan fingerprint density at radius 3 is 2.55 bits per heavy atom. The second-order valence-electron chi connectivity index (χ2n) is 7.10. The number of nitrogens with zero attached hydrogens (tertiary/aromatic N) is 1. The number of hydrogen-bond acceptors (Lipinski definition) is 4. The minimum Gasteiger partial charge on any atom is -0.497 e. The summed E-state index contributed by atoms with van der Waals surface area (Å²) in [4.78, 5) is 25.8. The molecule has 2 amide bonds. The quantitative estimate of drug-likeness (QED) is 0.490. The highest BCUT2D eigenvalue weighted by molar-refractivity contribution is 5.87. The molecule has 2 N–H and O–H groups in total. The molecule has 0 saturated heterocycles. The van der Waals surface area contributed by atoms with E-state index < -0.39 is 29.7 Å². The highest BCUT2D eigenvalue weighted by atomic mass is 19.2. The van der Waals surface area contributed by atoms with Crippen molar-refractivity contribution < 1.29 is 33.0 Å². The van der Waals surface area contributed by atoms with Gasteiger partial charge in [-0.3, -0.25) is 4.79 Å². The van der Waals surface area contributed by atoms with Gasteiger partial charge in [0, 0.05) is 30.3 Å². The molecule has 0 spiro atoms. The Labute approximate surface area is 190 Å². The van der Waals surface area contributed by atoms with E-state index in [9.17, 15) is 18.4 Å². The molecule has 2 aromatic carbocycles. The number of carboxylic acid groups (broad SMARTS) is 1. The third-order valence-corrected chi connectivity index (χ3v) is 4.88. The summed E-state index contributed by atoms with van der Waals surface area (Å²) in [5.41, 5.74) is 0.647. The third kappa shape index (κ3) is 6.55. The van der Waals surface area contributed by atoms with Crippen LogP contribution in [-0.4, -0.2) is 48.8 Å². The zero-order valence-electron chi connectivity index (χ0n) is 18.4. The number of rotatable bonds is 11. The number of nitrogens with one attached hydrogen (secondary N) is 1. The van der Waals surface area contributed by atoms with Crippen LogP contribution in [0.1, 0.15) is 17.5 Å². The molecule has 0 radical (unpaired) electrons. The van der Waals surface area contributed by atoms with E-state index >= 15 is 0 Å². The molecule has 176 valence electrons. The van der Waals surface area contributed by atoms with Crippen LogP contribution in [0.3, 0.4) is 0 Å². The summed E-state index contributed by atoms with van der Waals surface area (Å²) in [5, 5.41) is 11.3. The summed E-state index contributed by atoms with van der Waals surface area (Å²) >= 11 is 0. The molecule has 1 atom stereocenters. The van der Waals surface area contributed by atoms with E-state index in [1.54, 1.807) is 18.2 Å². The fraction of sp³-hybridized carbons (Fsp3) is 0.250. The summed E-state index contributed by atoms with van der Waals surface area (Å²) in [6, 6.07) is 7.55. The van der Waals surface area contributed by atoms with Gasteiger partial charge >= 0.3 is 6.09 Å². The Balaban J connectivity index is 2.43. The SMILES string of the molecule is C=CCC(NC(=O)O)C(=O)N(CC(=C)c1cccc(F)c1F)Cc1ccc(OC)cc1OC. The fourth-order valence-electron chi connectivity index (χ4n) is 3.25. The highest BCUT2D eigenvalue weighted by Crippen LogP contribution is 2.27. The molecule has 0 aliphatic rings. The van der Waals surface area contributed by atoms with E-state index in [1.165, 1.54) is 37.3 Å². The Morgan fingerprint density at radius 2 is 1.94 bits per heavy atom. The Hall–Kier alpha value is -3.88. The first-order valence-electron chi connectivity index (χ1n) is 9.94. The first kappa shape index (κ1) is 25.4. The van der Waals surface area contributed by atoms with Crippen LogP contribution in [0, 0.1) is 11.6 Å². The Morgan fingerprint density at radius 1 is 1.21 bits per heavy atom. The molecule has 0 saturated carbocycles. The number of halogens is 2. The van der Waals surface area contributed by atoms with Crippen LogP contribution in [0.4, 0.5) is 13.6 Å². The van der Waals surface area contributed by atoms with Crippen LogP contribution in [0.25, 0.3) is 5.57 Å². The van der Waals surface area contributed by atoms with Crippen molar-refractivity contribution in [2.24, 2.45) is 0 Å². The van der Waals surface area contributed by atoms with Crippen molar-refractivity contribution in [3.05, 3.63) is 78.4 Å². The van der Waals surface area contributed by atoms with Gasteiger partial charge in [0.25, 0.3) is 0 Å². The van der Waals surface area contributed by atoms with E-state index in [0.717, 1.165) is 6.07 Å². The van der Waals surface area contributed by atoms with Gasteiger partial charge in [0.1, 0.15) is 17.5 Å². The number of ether oxygens (including phenoxy) is 2. The first-order chi connectivity index (χ1) is 15.7. The lowest BCUT2D eigenvalue weighted by Crippen LogP contribution is -2.48. The molecule has 0 aliphatic carbocycles. The molecule has 7 nitrogen and oxygen atoms in total. The monoisotopic (exact) mass is 460 g/mol. The number of amides is 2. The minimum atomic E-state index is -1.38. The van der Waals surface area contributed by atoms with Crippen molar-refractivity contribution in [3.8, 4) is 11.5 Å². The molecule has 33 heavy (non-hydrogen) atoms. The van der Waals surface area contributed by atoms with Gasteiger partial charge in [0.05, 0.1) is 14.2 Å². The molecule has 0 aliphatic heterocycles. The predicted molar refractivity (Wildman–Crippen MR) is 120 cm³/mol. The maximum Gasteiger partial charge on any atom is 0.405 e. The van der Waals surface area contributed by atoms with Gasteiger partial charge in [-0.2, -0.15) is 0 Å². The summed E-state index contributed by atoms with van der Waals surface area (Å²) < 4.78 is 38.6. The summed E-state index contributed by atoms with van der Waals surface area (Å²) in [6.45, 7) is 7.17. The summed E-state index contributed by atoms with van der Waals surface area (Å²) in [5.74, 6) is -1.74. The van der Waals surface area contributed by atoms with Crippen molar-refractivity contribution in [3.63, 3.8) is 0 Å². The minimum absolute atomic E-state index is 0.0170. The van der Waals surface area contributed by atoms with Crippen molar-refractivity contribution in [1.29, 1.82) is 0 Å². The molecule has 0 fully saturated rings. The van der Waals surface area contributed by atoms with Crippen LogP contribution in [-0.2, 0) is 11.3 Å². The third-order valence-electron chi connectivity index (χ3n) is 4.88. The van der Waals surface area contributed by atoms with E-state index in [1.807, 2.05) is 0 Å². The maximum atomic E-state index is 14.3. The van der Waals surface area contributed by atoms with Crippen LogP contribution in [0.15, 0.2) is 55.6 Å². The van der Waals surface area contributed by atoms with Crippen LogP contribution in [0.5, 0.6) is 11.5 Å². The van der Waals surface area contributed by atoms with Gasteiger partial charge in [0.15, 0.2) is 11.6 Å². The zero-order valence-corrected chi connectivity index (χ0v) is 18.4. The molecule has 0 bridgehead atoms. The van der Waals surface area contributed by atoms with Gasteiger partial charge in [-0.15, -0.1) is 6.58 Å².